The van der Waals surface area contributed by atoms with E-state index in [1.165, 1.54) is 0 Å². The minimum Gasteiger partial charge on any atom is -0.494 e. The largest absolute Gasteiger partial charge is 0.494 e. The van der Waals surface area contributed by atoms with Crippen molar-refractivity contribution in [2.75, 3.05) is 20.3 Å². The van der Waals surface area contributed by atoms with Crippen molar-refractivity contribution >= 4 is 14.0 Å². The Bertz CT molecular complexity index is 1050. The summed E-state index contributed by atoms with van der Waals surface area (Å²) < 4.78 is 16.9. The van der Waals surface area contributed by atoms with Gasteiger partial charge in [-0.05, 0) is 42.8 Å². The van der Waals surface area contributed by atoms with Gasteiger partial charge in [-0.3, -0.25) is 4.79 Å². The molecule has 0 spiro atoms. The molecule has 1 heterocycles. The number of methoxy groups -OCH3 is 1. The van der Waals surface area contributed by atoms with Crippen LogP contribution >= 0.6 is 0 Å². The van der Waals surface area contributed by atoms with Crippen molar-refractivity contribution in [3.8, 4) is 23.0 Å². The molecule has 6 heteroatoms. The Morgan fingerprint density at radius 3 is 2.59 bits per heavy atom. The molecule has 168 valence electrons. The normalized spacial score (nSPS) is 21.3. The van der Waals surface area contributed by atoms with Crippen LogP contribution in [-0.4, -0.2) is 40.4 Å². The molecule has 2 aromatic rings. The van der Waals surface area contributed by atoms with E-state index < -0.39 is 8.07 Å². The van der Waals surface area contributed by atoms with Crippen molar-refractivity contribution in [1.82, 2.24) is 5.32 Å². The smallest absolute Gasteiger partial charge is 0.228 e. The second kappa shape index (κ2) is 9.01. The zero-order valence-corrected chi connectivity index (χ0v) is 20.4. The van der Waals surface area contributed by atoms with Gasteiger partial charge in [0.1, 0.15) is 25.7 Å². The molecule has 0 bridgehead atoms. The molecule has 0 radical (unpaired) electrons. The average molecular weight is 450 g/mol. The van der Waals surface area contributed by atoms with E-state index in [0.717, 1.165) is 28.2 Å². The van der Waals surface area contributed by atoms with Gasteiger partial charge in [-0.1, -0.05) is 37.7 Å². The summed E-state index contributed by atoms with van der Waals surface area (Å²) in [5.74, 6) is 4.92. The van der Waals surface area contributed by atoms with E-state index >= 15 is 0 Å². The third-order valence-electron chi connectivity index (χ3n) is 5.71. The number of nitrogens with one attached hydrogen (secondary N) is 1. The van der Waals surface area contributed by atoms with Crippen LogP contribution in [0.1, 0.15) is 35.6 Å². The van der Waals surface area contributed by atoms with Crippen molar-refractivity contribution in [2.24, 2.45) is 5.92 Å². The molecular weight excluding hydrogens is 418 g/mol. The number of hydrogen-bond acceptors (Lipinski definition) is 4. The summed E-state index contributed by atoms with van der Waals surface area (Å²) in [6.45, 7) is 9.67. The van der Waals surface area contributed by atoms with E-state index in [-0.39, 0.29) is 29.9 Å². The first-order valence-electron chi connectivity index (χ1n) is 11.2. The highest BCUT2D eigenvalue weighted by molar-refractivity contribution is 6.83. The molecule has 1 amide bonds. The fraction of sp³-hybridized carbons (Fsp3) is 0.423. The van der Waals surface area contributed by atoms with Gasteiger partial charge in [0, 0.05) is 24.2 Å². The highest BCUT2D eigenvalue weighted by Gasteiger charge is 2.62. The highest BCUT2D eigenvalue weighted by Crippen LogP contribution is 2.58. The van der Waals surface area contributed by atoms with Gasteiger partial charge in [0.2, 0.25) is 5.91 Å². The molecule has 5 nitrogen and oxygen atoms in total. The van der Waals surface area contributed by atoms with Crippen LogP contribution in [0.3, 0.4) is 0 Å². The lowest BCUT2D eigenvalue weighted by Crippen LogP contribution is -2.34. The second-order valence-corrected chi connectivity index (χ2v) is 14.2. The first-order valence-corrected chi connectivity index (χ1v) is 14.7. The Labute approximate surface area is 191 Å². The van der Waals surface area contributed by atoms with Gasteiger partial charge >= 0.3 is 0 Å². The molecule has 1 saturated carbocycles. The number of fused-ring (bicyclic) bond motifs is 3. The first kappa shape index (κ1) is 22.4. The molecule has 1 aliphatic carbocycles. The summed E-state index contributed by atoms with van der Waals surface area (Å²) in [7, 11) is 0.194. The predicted octanol–water partition coefficient (Wildman–Crippen LogP) is 4.29. The monoisotopic (exact) mass is 449 g/mol. The minimum atomic E-state index is -1.45. The van der Waals surface area contributed by atoms with Crippen molar-refractivity contribution in [1.29, 1.82) is 0 Å². The van der Waals surface area contributed by atoms with Crippen LogP contribution in [0.25, 0.3) is 0 Å². The standard InChI is InChI=1S/C26H31NO4Si/c1-6-30-19-10-8-18(9-11-19)21(16-29-2)27-26(28)24-23-20-15-17(13-14-32(3,4)5)7-12-22(20)31-25(23)24/h7-12,15,21,23-25H,6,16H2,1-5H3,(H,27,28)/t21-,23?,24?,25?/m0/s1. The third-order valence-corrected chi connectivity index (χ3v) is 6.59. The Morgan fingerprint density at radius 2 is 1.94 bits per heavy atom. The van der Waals surface area contributed by atoms with Crippen LogP contribution in [0.2, 0.25) is 19.6 Å². The molecule has 3 unspecified atom stereocenters. The number of benzene rings is 2. The Balaban J connectivity index is 1.45. The molecule has 4 atom stereocenters. The molecule has 1 fully saturated rings. The predicted molar refractivity (Wildman–Crippen MR) is 128 cm³/mol. The molecule has 2 aromatic carbocycles. The molecule has 1 N–H and O–H groups in total. The zero-order valence-electron chi connectivity index (χ0n) is 19.4. The lowest BCUT2D eigenvalue weighted by atomic mass is 10.0. The van der Waals surface area contributed by atoms with Crippen LogP contribution in [0, 0.1) is 17.4 Å². The molecule has 1 aliphatic heterocycles. The Kier molecular flexibility index (Phi) is 6.32. The summed E-state index contributed by atoms with van der Waals surface area (Å²) in [5, 5.41) is 3.16. The van der Waals surface area contributed by atoms with Crippen molar-refractivity contribution in [3.05, 3.63) is 59.2 Å². The fourth-order valence-electron chi connectivity index (χ4n) is 4.13. The number of rotatable bonds is 7. The Hall–Kier alpha value is -2.75. The number of amides is 1. The highest BCUT2D eigenvalue weighted by atomic mass is 28.3. The maximum absolute atomic E-state index is 13.1. The molecular formula is C26H31NO4Si. The SMILES string of the molecule is CCOc1ccc([C@H](COC)NC(=O)C2C3Oc4ccc(C#C[Si](C)(C)C)cc4C32)cc1. The fourth-order valence-corrected chi connectivity index (χ4v) is 4.65. The van der Waals surface area contributed by atoms with Gasteiger partial charge in [0.25, 0.3) is 0 Å². The maximum atomic E-state index is 13.1. The quantitative estimate of drug-likeness (QED) is 0.506. The van der Waals surface area contributed by atoms with Crippen molar-refractivity contribution in [3.63, 3.8) is 0 Å². The van der Waals surface area contributed by atoms with E-state index in [9.17, 15) is 4.79 Å². The Morgan fingerprint density at radius 1 is 1.19 bits per heavy atom. The van der Waals surface area contributed by atoms with Gasteiger partial charge in [-0.2, -0.15) is 0 Å². The molecule has 32 heavy (non-hydrogen) atoms. The van der Waals surface area contributed by atoms with Crippen LogP contribution in [0.4, 0.5) is 0 Å². The van der Waals surface area contributed by atoms with Crippen LogP contribution in [0.15, 0.2) is 42.5 Å². The summed E-state index contributed by atoms with van der Waals surface area (Å²) in [4.78, 5) is 13.1. The first-order chi connectivity index (χ1) is 15.3. The van der Waals surface area contributed by atoms with E-state index in [4.69, 9.17) is 14.2 Å². The van der Waals surface area contributed by atoms with E-state index in [0.29, 0.717) is 13.2 Å². The van der Waals surface area contributed by atoms with Gasteiger partial charge in [-0.15, -0.1) is 5.54 Å². The summed E-state index contributed by atoms with van der Waals surface area (Å²) in [6.07, 6.45) is -0.0891. The zero-order chi connectivity index (χ0) is 22.9. The van der Waals surface area contributed by atoms with Crippen molar-refractivity contribution in [2.45, 2.75) is 44.6 Å². The average Bonchev–Trinajstić information content (AvgIpc) is 3.35. The lowest BCUT2D eigenvalue weighted by Gasteiger charge is -2.19. The van der Waals surface area contributed by atoms with Crippen LogP contribution in [-0.2, 0) is 9.53 Å². The molecule has 0 saturated heterocycles. The summed E-state index contributed by atoms with van der Waals surface area (Å²) >= 11 is 0. The summed E-state index contributed by atoms with van der Waals surface area (Å²) in [6, 6.07) is 13.6. The minimum absolute atomic E-state index is 0.000158. The lowest BCUT2D eigenvalue weighted by molar-refractivity contribution is -0.124. The molecule has 0 aromatic heterocycles. The number of carbonyl (C=O) groups is 1. The van der Waals surface area contributed by atoms with E-state index in [1.54, 1.807) is 7.11 Å². The second-order valence-electron chi connectivity index (χ2n) is 9.41. The van der Waals surface area contributed by atoms with Gasteiger partial charge in [-0.25, -0.2) is 0 Å². The third kappa shape index (κ3) is 4.84. The van der Waals surface area contributed by atoms with Gasteiger partial charge in [0.15, 0.2) is 0 Å². The van der Waals surface area contributed by atoms with Gasteiger partial charge in [0.05, 0.1) is 25.2 Å². The number of carbonyl (C=O) groups excluding carboxylic acids is 1. The number of ether oxygens (including phenoxy) is 3. The van der Waals surface area contributed by atoms with E-state index in [1.807, 2.05) is 43.3 Å². The number of hydrogen-bond donors (Lipinski definition) is 1. The van der Waals surface area contributed by atoms with Crippen molar-refractivity contribution < 1.29 is 19.0 Å². The van der Waals surface area contributed by atoms with E-state index in [2.05, 4.69) is 42.5 Å². The van der Waals surface area contributed by atoms with Crippen LogP contribution in [0.5, 0.6) is 11.5 Å². The topological polar surface area (TPSA) is 56.8 Å². The maximum Gasteiger partial charge on any atom is 0.228 e. The summed E-state index contributed by atoms with van der Waals surface area (Å²) in [5.41, 5.74) is 6.49. The molecule has 4 rings (SSSR count). The molecule has 2 aliphatic rings. The van der Waals surface area contributed by atoms with Gasteiger partial charge < -0.3 is 19.5 Å². The van der Waals surface area contributed by atoms with Crippen LogP contribution < -0.4 is 14.8 Å².